The van der Waals surface area contributed by atoms with Crippen molar-refractivity contribution in [2.45, 2.75) is 39.9 Å². The first kappa shape index (κ1) is 14.0. The quantitative estimate of drug-likeness (QED) is 0.541. The van der Waals surface area contributed by atoms with Crippen molar-refractivity contribution in [3.63, 3.8) is 0 Å². The number of carbonyl (C=O) groups excluding carboxylic acids is 2. The van der Waals surface area contributed by atoms with Crippen LogP contribution in [0.3, 0.4) is 0 Å². The van der Waals surface area contributed by atoms with Crippen LogP contribution in [0.5, 0.6) is 0 Å². The molecule has 1 rings (SSSR count). The third-order valence-electron chi connectivity index (χ3n) is 2.53. The van der Waals surface area contributed by atoms with E-state index in [-0.39, 0.29) is 23.8 Å². The third kappa shape index (κ3) is 5.17. The summed E-state index contributed by atoms with van der Waals surface area (Å²) in [7, 11) is 0. The van der Waals surface area contributed by atoms with Gasteiger partial charge in [0.2, 0.25) is 6.29 Å². The summed E-state index contributed by atoms with van der Waals surface area (Å²) in [5, 5.41) is 0. The first-order chi connectivity index (χ1) is 7.99. The van der Waals surface area contributed by atoms with Crippen LogP contribution in [0, 0.1) is 11.8 Å². The highest BCUT2D eigenvalue weighted by molar-refractivity contribution is 5.72. The second kappa shape index (κ2) is 6.59. The van der Waals surface area contributed by atoms with Crippen molar-refractivity contribution < 1.29 is 23.8 Å². The zero-order valence-corrected chi connectivity index (χ0v) is 10.6. The van der Waals surface area contributed by atoms with Crippen LogP contribution in [-0.4, -0.2) is 31.4 Å². The molecule has 0 saturated carbocycles. The zero-order chi connectivity index (χ0) is 12.8. The molecule has 0 aliphatic carbocycles. The zero-order valence-electron chi connectivity index (χ0n) is 10.6. The minimum atomic E-state index is -0.820. The van der Waals surface area contributed by atoms with E-state index in [4.69, 9.17) is 14.2 Å². The predicted molar refractivity (Wildman–Crippen MR) is 60.0 cm³/mol. The summed E-state index contributed by atoms with van der Waals surface area (Å²) < 4.78 is 15.1. The van der Waals surface area contributed by atoms with Crippen molar-refractivity contribution in [1.29, 1.82) is 0 Å². The van der Waals surface area contributed by atoms with E-state index < -0.39 is 6.29 Å². The van der Waals surface area contributed by atoms with Gasteiger partial charge >= 0.3 is 11.9 Å². The van der Waals surface area contributed by atoms with Crippen molar-refractivity contribution in [3.8, 4) is 0 Å². The van der Waals surface area contributed by atoms with Crippen LogP contribution in [0.4, 0.5) is 0 Å². The molecule has 0 N–H and O–H groups in total. The Hall–Kier alpha value is -1.10. The highest BCUT2D eigenvalue weighted by atomic mass is 16.7. The number of rotatable bonds is 5. The van der Waals surface area contributed by atoms with Gasteiger partial charge in [-0.3, -0.25) is 9.59 Å². The number of hydrogen-bond acceptors (Lipinski definition) is 5. The Balaban J connectivity index is 2.22. The van der Waals surface area contributed by atoms with Crippen molar-refractivity contribution >= 4 is 11.9 Å². The van der Waals surface area contributed by atoms with Gasteiger partial charge in [0, 0.05) is 13.5 Å². The molecule has 5 nitrogen and oxygen atoms in total. The SMILES string of the molecule is CC(OC(=O)CC1CCOC1)OC(=O)C(C)C. The highest BCUT2D eigenvalue weighted by Crippen LogP contribution is 2.17. The lowest BCUT2D eigenvalue weighted by molar-refractivity contribution is -0.187. The van der Waals surface area contributed by atoms with Crippen LogP contribution >= 0.6 is 0 Å². The fraction of sp³-hybridized carbons (Fsp3) is 0.833. The van der Waals surface area contributed by atoms with E-state index in [1.165, 1.54) is 0 Å². The van der Waals surface area contributed by atoms with Crippen LogP contribution in [0.2, 0.25) is 0 Å². The summed E-state index contributed by atoms with van der Waals surface area (Å²) in [6, 6.07) is 0. The molecule has 0 aromatic rings. The maximum absolute atomic E-state index is 11.5. The molecule has 0 aromatic carbocycles. The smallest absolute Gasteiger partial charge is 0.311 e. The van der Waals surface area contributed by atoms with Crippen molar-refractivity contribution in [1.82, 2.24) is 0 Å². The minimum absolute atomic E-state index is 0.223. The second-order valence-corrected chi connectivity index (χ2v) is 4.58. The van der Waals surface area contributed by atoms with Crippen molar-refractivity contribution in [2.24, 2.45) is 11.8 Å². The largest absolute Gasteiger partial charge is 0.425 e. The van der Waals surface area contributed by atoms with Gasteiger partial charge < -0.3 is 14.2 Å². The Morgan fingerprint density at radius 3 is 2.53 bits per heavy atom. The predicted octanol–water partition coefficient (Wildman–Crippen LogP) is 1.50. The van der Waals surface area contributed by atoms with Crippen LogP contribution in [-0.2, 0) is 23.8 Å². The van der Waals surface area contributed by atoms with Gasteiger partial charge in [-0.2, -0.15) is 0 Å². The summed E-state index contributed by atoms with van der Waals surface area (Å²) in [5.41, 5.74) is 0. The third-order valence-corrected chi connectivity index (χ3v) is 2.53. The molecule has 98 valence electrons. The Bertz CT molecular complexity index is 268. The van der Waals surface area contributed by atoms with Gasteiger partial charge in [-0.1, -0.05) is 13.8 Å². The minimum Gasteiger partial charge on any atom is -0.425 e. The normalized spacial score (nSPS) is 21.3. The fourth-order valence-corrected chi connectivity index (χ4v) is 1.54. The molecule has 1 saturated heterocycles. The monoisotopic (exact) mass is 244 g/mol. The summed E-state index contributed by atoms with van der Waals surface area (Å²) in [6.07, 6.45) is 0.387. The van der Waals surface area contributed by atoms with Gasteiger partial charge in [-0.25, -0.2) is 0 Å². The lowest BCUT2D eigenvalue weighted by Crippen LogP contribution is -2.25. The van der Waals surface area contributed by atoms with Gasteiger partial charge in [-0.05, 0) is 12.3 Å². The highest BCUT2D eigenvalue weighted by Gasteiger charge is 2.22. The molecule has 0 radical (unpaired) electrons. The van der Waals surface area contributed by atoms with E-state index >= 15 is 0 Å². The second-order valence-electron chi connectivity index (χ2n) is 4.58. The van der Waals surface area contributed by atoms with Gasteiger partial charge in [0.05, 0.1) is 18.9 Å². The van der Waals surface area contributed by atoms with Gasteiger partial charge in [0.1, 0.15) is 0 Å². The Labute approximate surface area is 101 Å². The lowest BCUT2D eigenvalue weighted by atomic mass is 10.1. The molecule has 0 aromatic heterocycles. The molecule has 17 heavy (non-hydrogen) atoms. The van der Waals surface area contributed by atoms with Gasteiger partial charge in [0.15, 0.2) is 0 Å². The molecule has 1 heterocycles. The van der Waals surface area contributed by atoms with E-state index in [9.17, 15) is 9.59 Å². The topological polar surface area (TPSA) is 61.8 Å². The Kier molecular flexibility index (Phi) is 5.41. The standard InChI is InChI=1S/C12H20O5/c1-8(2)12(14)17-9(3)16-11(13)6-10-4-5-15-7-10/h8-10H,4-7H2,1-3H3. The van der Waals surface area contributed by atoms with Gasteiger partial charge in [-0.15, -0.1) is 0 Å². The molecule has 0 spiro atoms. The molecule has 2 unspecified atom stereocenters. The number of esters is 2. The summed E-state index contributed by atoms with van der Waals surface area (Å²) in [4.78, 5) is 22.7. The summed E-state index contributed by atoms with van der Waals surface area (Å²) in [6.45, 7) is 6.31. The van der Waals surface area contributed by atoms with E-state index in [2.05, 4.69) is 0 Å². The molecule has 0 amide bonds. The first-order valence-corrected chi connectivity index (χ1v) is 5.96. The van der Waals surface area contributed by atoms with Crippen LogP contribution in [0.25, 0.3) is 0 Å². The molecule has 1 aliphatic rings. The van der Waals surface area contributed by atoms with E-state index in [1.54, 1.807) is 20.8 Å². The summed E-state index contributed by atoms with van der Waals surface area (Å²) in [5.74, 6) is -0.700. The Morgan fingerprint density at radius 2 is 2.00 bits per heavy atom. The molecular weight excluding hydrogens is 224 g/mol. The fourth-order valence-electron chi connectivity index (χ4n) is 1.54. The molecular formula is C12H20O5. The molecule has 1 aliphatic heterocycles. The molecule has 1 fully saturated rings. The maximum atomic E-state index is 11.5. The van der Waals surface area contributed by atoms with E-state index in [0.717, 1.165) is 6.42 Å². The van der Waals surface area contributed by atoms with Crippen LogP contribution in [0.1, 0.15) is 33.6 Å². The van der Waals surface area contributed by atoms with E-state index in [1.807, 2.05) is 0 Å². The molecule has 2 atom stereocenters. The first-order valence-electron chi connectivity index (χ1n) is 5.96. The van der Waals surface area contributed by atoms with Gasteiger partial charge in [0.25, 0.3) is 0 Å². The lowest BCUT2D eigenvalue weighted by Gasteiger charge is -2.16. The van der Waals surface area contributed by atoms with Crippen LogP contribution in [0.15, 0.2) is 0 Å². The van der Waals surface area contributed by atoms with Crippen molar-refractivity contribution in [3.05, 3.63) is 0 Å². The number of ether oxygens (including phenoxy) is 3. The Morgan fingerprint density at radius 1 is 1.29 bits per heavy atom. The average molecular weight is 244 g/mol. The molecule has 5 heteroatoms. The number of carbonyl (C=O) groups is 2. The summed E-state index contributed by atoms with van der Waals surface area (Å²) >= 11 is 0. The number of hydrogen-bond donors (Lipinski definition) is 0. The van der Waals surface area contributed by atoms with Crippen molar-refractivity contribution in [2.75, 3.05) is 13.2 Å². The molecule has 0 bridgehead atoms. The van der Waals surface area contributed by atoms with E-state index in [0.29, 0.717) is 19.6 Å². The average Bonchev–Trinajstić information content (AvgIpc) is 2.69. The maximum Gasteiger partial charge on any atom is 0.311 e. The van der Waals surface area contributed by atoms with Crippen LogP contribution < -0.4 is 0 Å².